The molecule has 0 unspecified atom stereocenters. The SMILES string of the molecule is C=C[C@@H]1CN(C)CC[C@]12C(=O)C=Cc1ccccc12. The van der Waals surface area contributed by atoms with Gasteiger partial charge in [-0.1, -0.05) is 36.4 Å². The number of fused-ring (bicyclic) bond motifs is 2. The summed E-state index contributed by atoms with van der Waals surface area (Å²) in [6.07, 6.45) is 6.54. The van der Waals surface area contributed by atoms with Crippen molar-refractivity contribution in [1.29, 1.82) is 0 Å². The van der Waals surface area contributed by atoms with Crippen molar-refractivity contribution in [3.8, 4) is 0 Å². The number of rotatable bonds is 1. The molecule has 0 N–H and O–H groups in total. The molecule has 2 atom stereocenters. The molecule has 2 heteroatoms. The van der Waals surface area contributed by atoms with Crippen molar-refractivity contribution in [1.82, 2.24) is 4.90 Å². The van der Waals surface area contributed by atoms with E-state index in [0.29, 0.717) is 0 Å². The molecule has 1 fully saturated rings. The van der Waals surface area contributed by atoms with Crippen LogP contribution in [0.15, 0.2) is 43.0 Å². The van der Waals surface area contributed by atoms with Gasteiger partial charge < -0.3 is 4.90 Å². The van der Waals surface area contributed by atoms with Gasteiger partial charge in [-0.2, -0.15) is 0 Å². The monoisotopic (exact) mass is 253 g/mol. The van der Waals surface area contributed by atoms with Crippen molar-refractivity contribution in [3.63, 3.8) is 0 Å². The average molecular weight is 253 g/mol. The standard InChI is InChI=1S/C17H19NO/c1-3-14-12-18(2)11-10-17(14)15-7-5-4-6-13(15)8-9-16(17)19/h3-9,14H,1,10-12H2,2H3/t14-,17+/m1/s1. The van der Waals surface area contributed by atoms with Crippen LogP contribution in [0, 0.1) is 5.92 Å². The number of ketones is 1. The van der Waals surface area contributed by atoms with Crippen LogP contribution in [0.2, 0.25) is 0 Å². The van der Waals surface area contributed by atoms with Crippen LogP contribution in [0.1, 0.15) is 17.5 Å². The summed E-state index contributed by atoms with van der Waals surface area (Å²) in [5, 5.41) is 0. The normalized spacial score (nSPS) is 30.4. The molecular weight excluding hydrogens is 234 g/mol. The Balaban J connectivity index is 2.18. The Morgan fingerprint density at radius 2 is 2.16 bits per heavy atom. The van der Waals surface area contributed by atoms with E-state index in [-0.39, 0.29) is 17.1 Å². The maximum absolute atomic E-state index is 12.7. The fourth-order valence-corrected chi connectivity index (χ4v) is 3.55. The summed E-state index contributed by atoms with van der Waals surface area (Å²) >= 11 is 0. The van der Waals surface area contributed by atoms with E-state index in [2.05, 4.69) is 30.7 Å². The van der Waals surface area contributed by atoms with E-state index in [1.54, 1.807) is 6.08 Å². The summed E-state index contributed by atoms with van der Waals surface area (Å²) in [6.45, 7) is 5.83. The molecule has 19 heavy (non-hydrogen) atoms. The molecule has 1 spiro atoms. The summed E-state index contributed by atoms with van der Waals surface area (Å²) in [7, 11) is 2.11. The number of benzene rings is 1. The topological polar surface area (TPSA) is 20.3 Å². The van der Waals surface area contributed by atoms with Crippen LogP contribution in [0.5, 0.6) is 0 Å². The molecular formula is C17H19NO. The molecule has 0 aromatic heterocycles. The molecule has 2 nitrogen and oxygen atoms in total. The van der Waals surface area contributed by atoms with Gasteiger partial charge in [-0.25, -0.2) is 0 Å². The van der Waals surface area contributed by atoms with Gasteiger partial charge in [-0.15, -0.1) is 6.58 Å². The molecule has 1 aliphatic carbocycles. The largest absolute Gasteiger partial charge is 0.306 e. The number of carbonyl (C=O) groups is 1. The number of piperidine rings is 1. The lowest BCUT2D eigenvalue weighted by Gasteiger charge is -2.46. The first-order chi connectivity index (χ1) is 9.18. The molecule has 0 radical (unpaired) electrons. The van der Waals surface area contributed by atoms with E-state index >= 15 is 0 Å². The van der Waals surface area contributed by atoms with Crippen LogP contribution < -0.4 is 0 Å². The molecule has 1 aromatic carbocycles. The Morgan fingerprint density at radius 1 is 1.37 bits per heavy atom. The molecule has 98 valence electrons. The number of carbonyl (C=O) groups excluding carboxylic acids is 1. The van der Waals surface area contributed by atoms with Crippen LogP contribution in [-0.2, 0) is 10.2 Å². The third kappa shape index (κ3) is 1.71. The Labute approximate surface area is 114 Å². The van der Waals surface area contributed by atoms with Gasteiger partial charge >= 0.3 is 0 Å². The molecule has 1 saturated heterocycles. The molecule has 1 aliphatic heterocycles. The molecule has 1 heterocycles. The van der Waals surface area contributed by atoms with Gasteiger partial charge in [0.05, 0.1) is 5.41 Å². The van der Waals surface area contributed by atoms with Gasteiger partial charge in [0.15, 0.2) is 5.78 Å². The highest BCUT2D eigenvalue weighted by Gasteiger charge is 2.48. The maximum Gasteiger partial charge on any atom is 0.166 e. The highest BCUT2D eigenvalue weighted by molar-refractivity contribution is 6.05. The fourth-order valence-electron chi connectivity index (χ4n) is 3.55. The van der Waals surface area contributed by atoms with E-state index in [1.165, 1.54) is 11.1 Å². The Bertz CT molecular complexity index is 560. The zero-order valence-electron chi connectivity index (χ0n) is 11.3. The zero-order chi connectivity index (χ0) is 13.5. The van der Waals surface area contributed by atoms with Gasteiger partial charge in [0, 0.05) is 12.5 Å². The minimum atomic E-state index is -0.389. The van der Waals surface area contributed by atoms with Crippen molar-refractivity contribution in [3.05, 3.63) is 54.1 Å². The van der Waals surface area contributed by atoms with E-state index in [9.17, 15) is 4.79 Å². The van der Waals surface area contributed by atoms with E-state index < -0.39 is 0 Å². The quantitative estimate of drug-likeness (QED) is 0.717. The van der Waals surface area contributed by atoms with Crippen molar-refractivity contribution in [2.45, 2.75) is 11.8 Å². The minimum absolute atomic E-state index is 0.185. The van der Waals surface area contributed by atoms with Gasteiger partial charge in [-0.3, -0.25) is 4.79 Å². The summed E-state index contributed by atoms with van der Waals surface area (Å²) in [5.74, 6) is 0.425. The van der Waals surface area contributed by atoms with Crippen LogP contribution in [-0.4, -0.2) is 30.8 Å². The van der Waals surface area contributed by atoms with Gasteiger partial charge in [-0.05, 0) is 37.2 Å². The summed E-state index contributed by atoms with van der Waals surface area (Å²) < 4.78 is 0. The lowest BCUT2D eigenvalue weighted by molar-refractivity contribution is -0.123. The second kappa shape index (κ2) is 4.46. The minimum Gasteiger partial charge on any atom is -0.306 e. The van der Waals surface area contributed by atoms with E-state index in [0.717, 1.165) is 19.5 Å². The lowest BCUT2D eigenvalue weighted by Crippen LogP contribution is -2.53. The molecule has 0 saturated carbocycles. The zero-order valence-corrected chi connectivity index (χ0v) is 11.3. The second-order valence-electron chi connectivity index (χ2n) is 5.61. The van der Waals surface area contributed by atoms with Crippen LogP contribution in [0.3, 0.4) is 0 Å². The van der Waals surface area contributed by atoms with Crippen LogP contribution in [0.4, 0.5) is 0 Å². The Kier molecular flexibility index (Phi) is 2.90. The molecule has 3 rings (SSSR count). The summed E-state index contributed by atoms with van der Waals surface area (Å²) in [6, 6.07) is 8.27. The lowest BCUT2D eigenvalue weighted by atomic mass is 9.60. The van der Waals surface area contributed by atoms with Crippen molar-refractivity contribution in [2.75, 3.05) is 20.1 Å². The number of likely N-dealkylation sites (tertiary alicyclic amines) is 1. The van der Waals surface area contributed by atoms with E-state index in [4.69, 9.17) is 0 Å². The highest BCUT2D eigenvalue weighted by Crippen LogP contribution is 2.45. The number of nitrogens with zero attached hydrogens (tertiary/aromatic N) is 1. The Hall–Kier alpha value is -1.67. The van der Waals surface area contributed by atoms with Crippen molar-refractivity contribution in [2.24, 2.45) is 5.92 Å². The summed E-state index contributed by atoms with van der Waals surface area (Å²) in [5.41, 5.74) is 1.97. The third-order valence-corrected chi connectivity index (χ3v) is 4.61. The molecule has 0 amide bonds. The predicted octanol–water partition coefficient (Wildman–Crippen LogP) is 2.66. The highest BCUT2D eigenvalue weighted by atomic mass is 16.1. The van der Waals surface area contributed by atoms with Crippen molar-refractivity contribution >= 4 is 11.9 Å². The van der Waals surface area contributed by atoms with Crippen LogP contribution in [0.25, 0.3) is 6.08 Å². The average Bonchev–Trinajstić information content (AvgIpc) is 2.45. The number of hydrogen-bond acceptors (Lipinski definition) is 2. The first kappa shape index (κ1) is 12.4. The number of hydrogen-bond donors (Lipinski definition) is 0. The third-order valence-electron chi connectivity index (χ3n) is 4.61. The Morgan fingerprint density at radius 3 is 2.95 bits per heavy atom. The van der Waals surface area contributed by atoms with Crippen molar-refractivity contribution < 1.29 is 4.79 Å². The molecule has 2 aliphatic rings. The van der Waals surface area contributed by atoms with Gasteiger partial charge in [0.1, 0.15) is 0 Å². The maximum atomic E-state index is 12.7. The molecule has 1 aromatic rings. The van der Waals surface area contributed by atoms with Crippen LogP contribution >= 0.6 is 0 Å². The van der Waals surface area contributed by atoms with Gasteiger partial charge in [0.25, 0.3) is 0 Å². The fraction of sp³-hybridized carbons (Fsp3) is 0.353. The summed E-state index contributed by atoms with van der Waals surface area (Å²) in [4.78, 5) is 14.9. The first-order valence-corrected chi connectivity index (χ1v) is 6.81. The molecule has 0 bridgehead atoms. The van der Waals surface area contributed by atoms with Gasteiger partial charge in [0.2, 0.25) is 0 Å². The van der Waals surface area contributed by atoms with E-state index in [1.807, 2.05) is 24.3 Å². The number of allylic oxidation sites excluding steroid dienone is 1. The first-order valence-electron chi connectivity index (χ1n) is 6.81. The second-order valence-corrected chi connectivity index (χ2v) is 5.61. The smallest absolute Gasteiger partial charge is 0.166 e. The predicted molar refractivity (Wildman–Crippen MR) is 78.0 cm³/mol.